The van der Waals surface area contributed by atoms with Crippen molar-refractivity contribution in [3.63, 3.8) is 0 Å². The topological polar surface area (TPSA) is 56.9 Å². The highest BCUT2D eigenvalue weighted by Crippen LogP contribution is 2.22. The van der Waals surface area contributed by atoms with E-state index in [-0.39, 0.29) is 12.0 Å². The first kappa shape index (κ1) is 17.7. The fourth-order valence-electron chi connectivity index (χ4n) is 3.36. The zero-order chi connectivity index (χ0) is 17.6. The fourth-order valence-corrected chi connectivity index (χ4v) is 3.36. The monoisotopic (exact) mass is 342 g/mol. The Hall–Kier alpha value is -2.11. The molecular weight excluding hydrogens is 316 g/mol. The minimum Gasteiger partial charge on any atom is -0.467 e. The summed E-state index contributed by atoms with van der Waals surface area (Å²) >= 11 is 0. The Bertz CT molecular complexity index is 647. The van der Waals surface area contributed by atoms with E-state index in [2.05, 4.69) is 4.90 Å². The number of nitrogens with zero attached hydrogens (tertiary/aromatic N) is 2. The number of hydrogen-bond acceptors (Lipinski definition) is 4. The maximum absolute atomic E-state index is 12.9. The molecule has 1 fully saturated rings. The second-order valence-corrected chi connectivity index (χ2v) is 6.75. The van der Waals surface area contributed by atoms with Gasteiger partial charge in [-0.15, -0.1) is 0 Å². The molecule has 0 spiro atoms. The van der Waals surface area contributed by atoms with E-state index in [1.165, 1.54) is 0 Å². The van der Waals surface area contributed by atoms with Gasteiger partial charge in [0, 0.05) is 5.69 Å². The van der Waals surface area contributed by atoms with Crippen LogP contribution in [0.5, 0.6) is 0 Å². The molecule has 1 aliphatic rings. The number of hydrogen-bond donors (Lipinski definition) is 1. The Kier molecular flexibility index (Phi) is 5.89. The number of benzene rings is 1. The third kappa shape index (κ3) is 4.71. The molecule has 3 rings (SSSR count). The molecule has 1 atom stereocenters. The largest absolute Gasteiger partial charge is 0.467 e. The summed E-state index contributed by atoms with van der Waals surface area (Å²) in [5, 5.41) is 9.72. The second-order valence-electron chi connectivity index (χ2n) is 6.75. The highest BCUT2D eigenvalue weighted by Gasteiger charge is 2.26. The Morgan fingerprint density at radius 3 is 2.56 bits per heavy atom. The molecule has 0 saturated carbocycles. The highest BCUT2D eigenvalue weighted by atomic mass is 16.3. The van der Waals surface area contributed by atoms with Crippen LogP contribution in [0, 0.1) is 5.92 Å². The van der Waals surface area contributed by atoms with E-state index in [0.29, 0.717) is 19.0 Å². The Morgan fingerprint density at radius 2 is 1.96 bits per heavy atom. The van der Waals surface area contributed by atoms with E-state index in [9.17, 15) is 9.90 Å². The van der Waals surface area contributed by atoms with Crippen LogP contribution in [0.2, 0.25) is 0 Å². The molecule has 1 N–H and O–H groups in total. The number of carbonyl (C=O) groups is 1. The fraction of sp³-hybridized carbons (Fsp3) is 0.450. The number of aliphatic hydroxyl groups excluding tert-OH is 1. The Balaban J connectivity index is 1.65. The number of piperidine rings is 1. The molecule has 5 heteroatoms. The number of aliphatic hydroxyl groups is 1. The van der Waals surface area contributed by atoms with Gasteiger partial charge in [-0.05, 0) is 63.0 Å². The van der Waals surface area contributed by atoms with Gasteiger partial charge in [0.2, 0.25) is 5.91 Å². The van der Waals surface area contributed by atoms with E-state index in [1.54, 1.807) is 11.2 Å². The highest BCUT2D eigenvalue weighted by molar-refractivity contribution is 5.94. The lowest BCUT2D eigenvalue weighted by Crippen LogP contribution is -2.44. The van der Waals surface area contributed by atoms with Crippen LogP contribution >= 0.6 is 0 Å². The van der Waals surface area contributed by atoms with Gasteiger partial charge in [0.1, 0.15) is 5.76 Å². The zero-order valence-electron chi connectivity index (χ0n) is 14.7. The molecule has 25 heavy (non-hydrogen) atoms. The molecule has 0 aliphatic carbocycles. The van der Waals surface area contributed by atoms with Gasteiger partial charge in [-0.2, -0.15) is 0 Å². The molecule has 134 valence electrons. The van der Waals surface area contributed by atoms with E-state index >= 15 is 0 Å². The molecule has 0 radical (unpaired) electrons. The zero-order valence-corrected chi connectivity index (χ0v) is 14.7. The van der Waals surface area contributed by atoms with Crippen LogP contribution in [0.1, 0.15) is 25.5 Å². The van der Waals surface area contributed by atoms with Crippen molar-refractivity contribution in [3.05, 3.63) is 54.5 Å². The van der Waals surface area contributed by atoms with Gasteiger partial charge in [0.25, 0.3) is 0 Å². The first-order valence-corrected chi connectivity index (χ1v) is 8.91. The molecule has 2 aromatic rings. The van der Waals surface area contributed by atoms with Crippen LogP contribution in [0.4, 0.5) is 5.69 Å². The molecule has 2 heterocycles. The van der Waals surface area contributed by atoms with Crippen LogP contribution in [0.15, 0.2) is 53.1 Å². The average molecular weight is 342 g/mol. The molecule has 1 aliphatic heterocycles. The van der Waals surface area contributed by atoms with Gasteiger partial charge in [0.05, 0.1) is 25.5 Å². The van der Waals surface area contributed by atoms with Crippen molar-refractivity contribution in [1.29, 1.82) is 0 Å². The molecular formula is C20H26N2O3. The van der Waals surface area contributed by atoms with Gasteiger partial charge >= 0.3 is 0 Å². The molecule has 1 amide bonds. The van der Waals surface area contributed by atoms with Crippen molar-refractivity contribution in [3.8, 4) is 0 Å². The third-order valence-electron chi connectivity index (χ3n) is 4.94. The van der Waals surface area contributed by atoms with E-state index in [1.807, 2.05) is 49.4 Å². The van der Waals surface area contributed by atoms with Crippen LogP contribution in [0.3, 0.4) is 0 Å². The van der Waals surface area contributed by atoms with Crippen molar-refractivity contribution in [2.75, 3.05) is 24.5 Å². The summed E-state index contributed by atoms with van der Waals surface area (Å²) in [6, 6.07) is 13.4. The van der Waals surface area contributed by atoms with Crippen LogP contribution in [-0.4, -0.2) is 41.7 Å². The van der Waals surface area contributed by atoms with E-state index in [0.717, 1.165) is 37.4 Å². The minimum atomic E-state index is -0.266. The number of para-hydroxylation sites is 1. The summed E-state index contributed by atoms with van der Waals surface area (Å²) in [6.07, 6.45) is 3.24. The summed E-state index contributed by atoms with van der Waals surface area (Å²) in [7, 11) is 0. The average Bonchev–Trinajstić information content (AvgIpc) is 3.14. The quantitative estimate of drug-likeness (QED) is 0.877. The number of anilines is 1. The van der Waals surface area contributed by atoms with Crippen LogP contribution in [-0.2, 0) is 11.3 Å². The number of amides is 1. The van der Waals surface area contributed by atoms with Crippen molar-refractivity contribution < 1.29 is 14.3 Å². The first-order valence-electron chi connectivity index (χ1n) is 8.91. The summed E-state index contributed by atoms with van der Waals surface area (Å²) in [5.74, 6) is 1.18. The van der Waals surface area contributed by atoms with Crippen molar-refractivity contribution in [1.82, 2.24) is 4.90 Å². The summed E-state index contributed by atoms with van der Waals surface area (Å²) in [6.45, 7) is 4.38. The van der Waals surface area contributed by atoms with Crippen molar-refractivity contribution in [2.24, 2.45) is 5.92 Å². The van der Waals surface area contributed by atoms with Crippen LogP contribution < -0.4 is 4.90 Å². The minimum absolute atomic E-state index is 0.0677. The van der Waals surface area contributed by atoms with Crippen molar-refractivity contribution >= 4 is 11.6 Å². The summed E-state index contributed by atoms with van der Waals surface area (Å²) < 4.78 is 5.43. The first-order chi connectivity index (χ1) is 12.1. The predicted molar refractivity (Wildman–Crippen MR) is 97.2 cm³/mol. The van der Waals surface area contributed by atoms with E-state index < -0.39 is 0 Å². The third-order valence-corrected chi connectivity index (χ3v) is 4.94. The summed E-state index contributed by atoms with van der Waals surface area (Å²) in [5.41, 5.74) is 0.878. The van der Waals surface area contributed by atoms with Gasteiger partial charge in [0.15, 0.2) is 0 Å². The number of furan rings is 1. The molecule has 1 aromatic heterocycles. The SMILES string of the molecule is CC(O)C1CCN(CC(=O)N(Cc2ccco2)c2ccccc2)CC1. The summed E-state index contributed by atoms with van der Waals surface area (Å²) in [4.78, 5) is 16.9. The Morgan fingerprint density at radius 1 is 1.24 bits per heavy atom. The lowest BCUT2D eigenvalue weighted by atomic mass is 9.92. The smallest absolute Gasteiger partial charge is 0.241 e. The predicted octanol–water partition coefficient (Wildman–Crippen LogP) is 2.91. The second kappa shape index (κ2) is 8.32. The molecule has 1 aromatic carbocycles. The number of carbonyl (C=O) groups excluding carboxylic acids is 1. The lowest BCUT2D eigenvalue weighted by molar-refractivity contribution is -0.120. The standard InChI is InChI=1S/C20H26N2O3/c1-16(23)17-9-11-21(12-10-17)15-20(24)22(14-19-8-5-13-25-19)18-6-3-2-4-7-18/h2-8,13,16-17,23H,9-12,14-15H2,1H3. The lowest BCUT2D eigenvalue weighted by Gasteiger charge is -2.34. The van der Waals surface area contributed by atoms with Crippen LogP contribution in [0.25, 0.3) is 0 Å². The van der Waals surface area contributed by atoms with Gasteiger partial charge in [-0.3, -0.25) is 9.69 Å². The molecule has 1 unspecified atom stereocenters. The van der Waals surface area contributed by atoms with Gasteiger partial charge in [-0.1, -0.05) is 18.2 Å². The van der Waals surface area contributed by atoms with Crippen molar-refractivity contribution in [2.45, 2.75) is 32.4 Å². The maximum Gasteiger partial charge on any atom is 0.241 e. The normalized spacial score (nSPS) is 17.4. The van der Waals surface area contributed by atoms with Gasteiger partial charge in [-0.25, -0.2) is 0 Å². The van der Waals surface area contributed by atoms with Gasteiger partial charge < -0.3 is 14.4 Å². The number of rotatable bonds is 6. The molecule has 1 saturated heterocycles. The molecule has 0 bridgehead atoms. The maximum atomic E-state index is 12.9. The van der Waals surface area contributed by atoms with E-state index in [4.69, 9.17) is 4.42 Å². The number of likely N-dealkylation sites (tertiary alicyclic amines) is 1. The Labute approximate surface area is 148 Å². The molecule has 5 nitrogen and oxygen atoms in total.